The molecule has 1 fully saturated rings. The summed E-state index contributed by atoms with van der Waals surface area (Å²) in [4.78, 5) is 0. The van der Waals surface area contributed by atoms with Crippen molar-refractivity contribution in [3.8, 4) is 0 Å². The number of halogens is 1. The number of nitrogens with zero attached hydrogens (tertiary/aromatic N) is 2. The zero-order valence-electron chi connectivity index (χ0n) is 7.76. The molecule has 0 aliphatic heterocycles. The van der Waals surface area contributed by atoms with Crippen LogP contribution in [0, 0.1) is 0 Å². The molecule has 0 spiro atoms. The van der Waals surface area contributed by atoms with E-state index in [1.165, 1.54) is 19.3 Å². The Balaban J connectivity index is 1.92. The molecule has 0 unspecified atom stereocenters. The number of nitrogens with one attached hydrogen (secondary N) is 1. The second kappa shape index (κ2) is 3.68. The van der Waals surface area contributed by atoms with Gasteiger partial charge in [0.2, 0.25) is 0 Å². The topological polar surface area (TPSA) is 29.9 Å². The van der Waals surface area contributed by atoms with Crippen molar-refractivity contribution >= 4 is 11.6 Å². The summed E-state index contributed by atoms with van der Waals surface area (Å²) in [5, 5.41) is 8.30. The predicted octanol–water partition coefficient (Wildman–Crippen LogP) is 1.72. The zero-order valence-corrected chi connectivity index (χ0v) is 8.51. The Morgan fingerprint density at radius 2 is 2.46 bits per heavy atom. The lowest BCUT2D eigenvalue weighted by Gasteiger charge is -2.26. The number of hydrogen-bond acceptors (Lipinski definition) is 2. The summed E-state index contributed by atoms with van der Waals surface area (Å²) < 4.78 is 1.83. The lowest BCUT2D eigenvalue weighted by Crippen LogP contribution is -2.35. The number of rotatable bonds is 3. The molecule has 0 radical (unpaired) electrons. The van der Waals surface area contributed by atoms with E-state index in [2.05, 4.69) is 10.4 Å². The molecule has 1 aliphatic rings. The van der Waals surface area contributed by atoms with E-state index < -0.39 is 0 Å². The van der Waals surface area contributed by atoms with E-state index in [1.807, 2.05) is 11.7 Å². The van der Waals surface area contributed by atoms with Crippen LogP contribution in [-0.4, -0.2) is 15.8 Å². The van der Waals surface area contributed by atoms with E-state index in [0.29, 0.717) is 6.04 Å². The Morgan fingerprint density at radius 1 is 1.69 bits per heavy atom. The number of hydrogen-bond donors (Lipinski definition) is 1. The van der Waals surface area contributed by atoms with Crippen molar-refractivity contribution in [2.45, 2.75) is 31.8 Å². The molecule has 0 amide bonds. The molecule has 13 heavy (non-hydrogen) atoms. The molecule has 4 heteroatoms. The Hall–Kier alpha value is -0.540. The molecular weight excluding hydrogens is 186 g/mol. The van der Waals surface area contributed by atoms with Gasteiger partial charge in [0.15, 0.2) is 0 Å². The van der Waals surface area contributed by atoms with Gasteiger partial charge in [0, 0.05) is 19.6 Å². The zero-order chi connectivity index (χ0) is 9.26. The quantitative estimate of drug-likeness (QED) is 0.804. The fourth-order valence-electron chi connectivity index (χ4n) is 1.49. The van der Waals surface area contributed by atoms with Crippen LogP contribution in [0.2, 0.25) is 5.02 Å². The highest BCUT2D eigenvalue weighted by molar-refractivity contribution is 6.31. The van der Waals surface area contributed by atoms with Gasteiger partial charge in [-0.3, -0.25) is 4.68 Å². The summed E-state index contributed by atoms with van der Waals surface area (Å²) >= 11 is 5.97. The molecule has 0 atom stereocenters. The normalized spacial score (nSPS) is 17.4. The minimum atomic E-state index is 0.700. The lowest BCUT2D eigenvalue weighted by atomic mass is 9.93. The largest absolute Gasteiger partial charge is 0.308 e. The van der Waals surface area contributed by atoms with Crippen molar-refractivity contribution < 1.29 is 0 Å². The molecule has 2 rings (SSSR count). The van der Waals surface area contributed by atoms with E-state index >= 15 is 0 Å². The first-order valence-corrected chi connectivity index (χ1v) is 5.05. The van der Waals surface area contributed by atoms with Gasteiger partial charge in [0.25, 0.3) is 0 Å². The molecule has 1 aromatic heterocycles. The van der Waals surface area contributed by atoms with Crippen molar-refractivity contribution in [2.24, 2.45) is 7.05 Å². The monoisotopic (exact) mass is 199 g/mol. The summed E-state index contributed by atoms with van der Waals surface area (Å²) in [7, 11) is 1.92. The minimum absolute atomic E-state index is 0.700. The molecule has 1 aliphatic carbocycles. The van der Waals surface area contributed by atoms with Gasteiger partial charge >= 0.3 is 0 Å². The van der Waals surface area contributed by atoms with E-state index in [0.717, 1.165) is 17.3 Å². The first-order valence-electron chi connectivity index (χ1n) is 4.67. The maximum absolute atomic E-state index is 5.97. The number of aromatic nitrogens is 2. The SMILES string of the molecule is Cn1ncc(Cl)c1CNC1CCC1. The van der Waals surface area contributed by atoms with Crippen LogP contribution in [0.15, 0.2) is 6.20 Å². The van der Waals surface area contributed by atoms with Crippen LogP contribution in [0.25, 0.3) is 0 Å². The van der Waals surface area contributed by atoms with Gasteiger partial charge in [-0.05, 0) is 12.8 Å². The molecule has 0 aromatic carbocycles. The van der Waals surface area contributed by atoms with Gasteiger partial charge in [0.1, 0.15) is 0 Å². The van der Waals surface area contributed by atoms with Crippen molar-refractivity contribution in [2.75, 3.05) is 0 Å². The minimum Gasteiger partial charge on any atom is -0.308 e. The summed E-state index contributed by atoms with van der Waals surface area (Å²) in [6.45, 7) is 0.833. The maximum atomic E-state index is 5.97. The standard InChI is InChI=1S/C9H14ClN3/c1-13-9(8(10)5-12-13)6-11-7-3-2-4-7/h5,7,11H,2-4,6H2,1H3. The molecule has 3 nitrogen and oxygen atoms in total. The predicted molar refractivity (Wildman–Crippen MR) is 52.7 cm³/mol. The summed E-state index contributed by atoms with van der Waals surface area (Å²) in [6, 6.07) is 0.700. The highest BCUT2D eigenvalue weighted by Crippen LogP contribution is 2.20. The molecule has 0 bridgehead atoms. The first kappa shape index (κ1) is 9.03. The van der Waals surface area contributed by atoms with E-state index in [-0.39, 0.29) is 0 Å². The smallest absolute Gasteiger partial charge is 0.0831 e. The highest BCUT2D eigenvalue weighted by atomic mass is 35.5. The fourth-order valence-corrected chi connectivity index (χ4v) is 1.72. The third-order valence-electron chi connectivity index (χ3n) is 2.67. The van der Waals surface area contributed by atoms with Crippen LogP contribution in [0.3, 0.4) is 0 Å². The van der Waals surface area contributed by atoms with Gasteiger partial charge in [0.05, 0.1) is 16.9 Å². The van der Waals surface area contributed by atoms with E-state index in [4.69, 9.17) is 11.6 Å². The van der Waals surface area contributed by atoms with Crippen molar-refractivity contribution in [1.29, 1.82) is 0 Å². The molecule has 1 saturated carbocycles. The molecule has 1 N–H and O–H groups in total. The average Bonchev–Trinajstić information content (AvgIpc) is 2.32. The van der Waals surface area contributed by atoms with Crippen LogP contribution >= 0.6 is 11.6 Å². The fraction of sp³-hybridized carbons (Fsp3) is 0.667. The van der Waals surface area contributed by atoms with Crippen LogP contribution in [0.5, 0.6) is 0 Å². The van der Waals surface area contributed by atoms with Crippen molar-refractivity contribution in [3.63, 3.8) is 0 Å². The van der Waals surface area contributed by atoms with Gasteiger partial charge in [-0.25, -0.2) is 0 Å². The van der Waals surface area contributed by atoms with Crippen LogP contribution < -0.4 is 5.32 Å². The van der Waals surface area contributed by atoms with Crippen LogP contribution in [-0.2, 0) is 13.6 Å². The Bertz CT molecular complexity index is 272. The van der Waals surface area contributed by atoms with Crippen LogP contribution in [0.1, 0.15) is 25.0 Å². The second-order valence-corrected chi connectivity index (χ2v) is 3.98. The van der Waals surface area contributed by atoms with Gasteiger partial charge < -0.3 is 5.32 Å². The summed E-state index contributed by atoms with van der Waals surface area (Å²) in [5.74, 6) is 0. The summed E-state index contributed by atoms with van der Waals surface area (Å²) in [6.07, 6.45) is 5.65. The van der Waals surface area contributed by atoms with Crippen molar-refractivity contribution in [3.05, 3.63) is 16.9 Å². The Morgan fingerprint density at radius 3 is 2.92 bits per heavy atom. The first-order chi connectivity index (χ1) is 6.27. The highest BCUT2D eigenvalue weighted by Gasteiger charge is 2.17. The maximum Gasteiger partial charge on any atom is 0.0831 e. The number of aryl methyl sites for hydroxylation is 1. The van der Waals surface area contributed by atoms with E-state index in [1.54, 1.807) is 6.20 Å². The second-order valence-electron chi connectivity index (χ2n) is 3.57. The summed E-state index contributed by atoms with van der Waals surface area (Å²) in [5.41, 5.74) is 1.08. The van der Waals surface area contributed by atoms with Crippen molar-refractivity contribution in [1.82, 2.24) is 15.1 Å². The molecule has 1 heterocycles. The molecule has 72 valence electrons. The molecule has 1 aromatic rings. The molecular formula is C9H14ClN3. The lowest BCUT2D eigenvalue weighted by molar-refractivity contribution is 0.335. The van der Waals surface area contributed by atoms with Gasteiger partial charge in [-0.1, -0.05) is 18.0 Å². The third-order valence-corrected chi connectivity index (χ3v) is 2.99. The van der Waals surface area contributed by atoms with Gasteiger partial charge in [-0.2, -0.15) is 5.10 Å². The van der Waals surface area contributed by atoms with E-state index in [9.17, 15) is 0 Å². The third kappa shape index (κ3) is 1.86. The van der Waals surface area contributed by atoms with Gasteiger partial charge in [-0.15, -0.1) is 0 Å². The Labute approximate surface area is 83.1 Å². The molecule has 0 saturated heterocycles. The average molecular weight is 200 g/mol. The Kier molecular flexibility index (Phi) is 2.56. The van der Waals surface area contributed by atoms with Crippen LogP contribution in [0.4, 0.5) is 0 Å².